The number of fused-ring (bicyclic) bond motifs is 3. The lowest BCUT2D eigenvalue weighted by atomic mass is 9.97. The first kappa shape index (κ1) is 20.5. The Labute approximate surface area is 184 Å². The predicted octanol–water partition coefficient (Wildman–Crippen LogP) is 5.47. The number of hydrogen-bond donors (Lipinski definition) is 1. The van der Waals surface area contributed by atoms with Gasteiger partial charge in [0.25, 0.3) is 0 Å². The molecule has 1 aromatic heterocycles. The fraction of sp³-hybridized carbons (Fsp3) is 0.227. The number of methoxy groups -OCH3 is 1. The summed E-state index contributed by atoms with van der Waals surface area (Å²) in [6, 6.07) is 3.62. The Bertz CT molecular complexity index is 1050. The molecule has 0 radical (unpaired) electrons. The molecule has 2 aliphatic heterocycles. The maximum atomic E-state index is 9.97. The molecule has 3 heterocycles. The Morgan fingerprint density at radius 1 is 1.40 bits per heavy atom. The van der Waals surface area contributed by atoms with Gasteiger partial charge in [0.1, 0.15) is 17.3 Å². The summed E-state index contributed by atoms with van der Waals surface area (Å²) in [6.45, 7) is 8.78. The summed E-state index contributed by atoms with van der Waals surface area (Å²) in [5.74, 6) is 1.13. The second-order valence-corrected chi connectivity index (χ2v) is 8.10. The molecule has 0 bridgehead atoms. The van der Waals surface area contributed by atoms with E-state index in [-0.39, 0.29) is 5.76 Å². The Kier molecular flexibility index (Phi) is 5.85. The number of halogens is 1. The van der Waals surface area contributed by atoms with Gasteiger partial charge in [0, 0.05) is 55.1 Å². The topological polar surface area (TPSA) is 64.1 Å². The summed E-state index contributed by atoms with van der Waals surface area (Å²) >= 11 is 7.98. The average molecular weight is 445 g/mol. The van der Waals surface area contributed by atoms with E-state index >= 15 is 0 Å². The van der Waals surface area contributed by atoms with Crippen molar-refractivity contribution in [2.45, 2.75) is 12.6 Å². The largest absolute Gasteiger partial charge is 0.508 e. The van der Waals surface area contributed by atoms with Crippen LogP contribution in [0.15, 0.2) is 66.0 Å². The Hall–Kier alpha value is -2.74. The van der Waals surface area contributed by atoms with Gasteiger partial charge in [0.2, 0.25) is 6.23 Å². The minimum Gasteiger partial charge on any atom is -0.508 e. The standard InChI is InChI=1S/C22H21ClN2O4S/c1-13-9-18-15-10-17(23)20(28-7-4-6-27-3)11-19(15)29-22(21-24-5-8-30-21)25(18)12-16(13)14(2)26/h5,8-12,22,26H,1-2,4,6-7H2,3H3. The number of benzene rings is 1. The van der Waals surface area contributed by atoms with Crippen LogP contribution in [0.3, 0.4) is 0 Å². The van der Waals surface area contributed by atoms with Gasteiger partial charge in [-0.3, -0.25) is 0 Å². The molecule has 2 aliphatic rings. The van der Waals surface area contributed by atoms with Gasteiger partial charge in [0.15, 0.2) is 5.01 Å². The number of hydrogen-bond acceptors (Lipinski definition) is 7. The van der Waals surface area contributed by atoms with Crippen molar-refractivity contribution in [3.63, 3.8) is 0 Å². The first-order chi connectivity index (χ1) is 14.5. The van der Waals surface area contributed by atoms with E-state index in [9.17, 15) is 5.11 Å². The highest BCUT2D eigenvalue weighted by Gasteiger charge is 2.36. The van der Waals surface area contributed by atoms with E-state index in [1.54, 1.807) is 25.6 Å². The van der Waals surface area contributed by atoms with Crippen LogP contribution in [0.2, 0.25) is 5.02 Å². The molecule has 30 heavy (non-hydrogen) atoms. The van der Waals surface area contributed by atoms with Gasteiger partial charge in [-0.05, 0) is 17.7 Å². The highest BCUT2D eigenvalue weighted by Crippen LogP contribution is 2.48. The van der Waals surface area contributed by atoms with Crippen LogP contribution in [0.25, 0.3) is 5.70 Å². The van der Waals surface area contributed by atoms with Gasteiger partial charge in [0.05, 0.1) is 17.3 Å². The third kappa shape index (κ3) is 3.84. The van der Waals surface area contributed by atoms with Gasteiger partial charge >= 0.3 is 0 Å². The smallest absolute Gasteiger partial charge is 0.229 e. The molecule has 0 fully saturated rings. The summed E-state index contributed by atoms with van der Waals surface area (Å²) in [4.78, 5) is 6.32. The molecule has 156 valence electrons. The summed E-state index contributed by atoms with van der Waals surface area (Å²) in [5.41, 5.74) is 2.84. The monoisotopic (exact) mass is 444 g/mol. The lowest BCUT2D eigenvalue weighted by molar-refractivity contribution is 0.0873. The molecule has 6 nitrogen and oxygen atoms in total. The number of ether oxygens (including phenoxy) is 3. The highest BCUT2D eigenvalue weighted by atomic mass is 35.5. The highest BCUT2D eigenvalue weighted by molar-refractivity contribution is 7.09. The number of nitrogens with zero attached hydrogens (tertiary/aromatic N) is 2. The van der Waals surface area contributed by atoms with E-state index in [1.165, 1.54) is 11.3 Å². The van der Waals surface area contributed by atoms with Gasteiger partial charge in [-0.15, -0.1) is 11.3 Å². The molecule has 0 amide bonds. The van der Waals surface area contributed by atoms with Crippen LogP contribution >= 0.6 is 22.9 Å². The molecule has 8 heteroatoms. The van der Waals surface area contributed by atoms with Crippen molar-refractivity contribution in [1.29, 1.82) is 0 Å². The van der Waals surface area contributed by atoms with Crippen molar-refractivity contribution >= 4 is 28.6 Å². The van der Waals surface area contributed by atoms with Crippen LogP contribution in [0.4, 0.5) is 0 Å². The molecule has 0 aliphatic carbocycles. The third-order valence-electron chi connectivity index (χ3n) is 4.73. The molecule has 0 saturated heterocycles. The molecule has 1 N–H and O–H groups in total. The minimum absolute atomic E-state index is 0.0585. The summed E-state index contributed by atoms with van der Waals surface area (Å²) in [5, 5.41) is 13.1. The van der Waals surface area contributed by atoms with Gasteiger partial charge in [-0.2, -0.15) is 0 Å². The van der Waals surface area contributed by atoms with E-state index in [0.717, 1.165) is 22.7 Å². The molecule has 2 aromatic rings. The zero-order valence-electron chi connectivity index (χ0n) is 16.4. The van der Waals surface area contributed by atoms with Crippen molar-refractivity contribution in [3.8, 4) is 11.5 Å². The van der Waals surface area contributed by atoms with E-state index in [4.69, 9.17) is 25.8 Å². The van der Waals surface area contributed by atoms with Gasteiger partial charge < -0.3 is 24.2 Å². The van der Waals surface area contributed by atoms with E-state index < -0.39 is 6.23 Å². The van der Waals surface area contributed by atoms with Gasteiger partial charge in [-0.1, -0.05) is 24.8 Å². The van der Waals surface area contributed by atoms with Crippen LogP contribution in [0.1, 0.15) is 23.2 Å². The Balaban J connectivity index is 1.75. The molecule has 0 saturated carbocycles. The average Bonchev–Trinajstić information content (AvgIpc) is 3.25. The van der Waals surface area contributed by atoms with Crippen LogP contribution in [0, 0.1) is 0 Å². The second-order valence-electron chi connectivity index (χ2n) is 6.77. The van der Waals surface area contributed by atoms with Crippen LogP contribution in [0.5, 0.6) is 11.5 Å². The van der Waals surface area contributed by atoms with Crippen LogP contribution in [-0.4, -0.2) is 35.3 Å². The molecule has 1 unspecified atom stereocenters. The van der Waals surface area contributed by atoms with Crippen molar-refractivity contribution in [3.05, 3.63) is 81.6 Å². The fourth-order valence-electron chi connectivity index (χ4n) is 3.31. The fourth-order valence-corrected chi connectivity index (χ4v) is 4.19. The predicted molar refractivity (Wildman–Crippen MR) is 118 cm³/mol. The quantitative estimate of drug-likeness (QED) is 0.451. The molecule has 1 aromatic carbocycles. The second kappa shape index (κ2) is 8.55. The maximum absolute atomic E-state index is 9.97. The lowest BCUT2D eigenvalue weighted by Gasteiger charge is -2.39. The number of aliphatic hydroxyl groups excluding tert-OH is 1. The third-order valence-corrected chi connectivity index (χ3v) is 5.83. The maximum Gasteiger partial charge on any atom is 0.229 e. The Morgan fingerprint density at radius 3 is 2.93 bits per heavy atom. The lowest BCUT2D eigenvalue weighted by Crippen LogP contribution is -2.33. The zero-order chi connectivity index (χ0) is 21.3. The molecule has 4 rings (SSSR count). The molecular weight excluding hydrogens is 424 g/mol. The Morgan fingerprint density at radius 2 is 2.23 bits per heavy atom. The summed E-state index contributed by atoms with van der Waals surface area (Å²) in [6.07, 6.45) is 5.64. The van der Waals surface area contributed by atoms with E-state index in [1.807, 2.05) is 22.4 Å². The van der Waals surface area contributed by atoms with Crippen molar-refractivity contribution in [2.75, 3.05) is 20.3 Å². The van der Waals surface area contributed by atoms with Crippen molar-refractivity contribution in [1.82, 2.24) is 9.88 Å². The van der Waals surface area contributed by atoms with Crippen molar-refractivity contribution in [2.24, 2.45) is 0 Å². The van der Waals surface area contributed by atoms with E-state index in [0.29, 0.717) is 40.9 Å². The molecule has 1 atom stereocenters. The number of aliphatic hydroxyl groups is 1. The van der Waals surface area contributed by atoms with Crippen molar-refractivity contribution < 1.29 is 19.3 Å². The number of allylic oxidation sites excluding steroid dienone is 2. The van der Waals surface area contributed by atoms with Crippen LogP contribution in [-0.2, 0) is 4.74 Å². The summed E-state index contributed by atoms with van der Waals surface area (Å²) in [7, 11) is 1.65. The first-order valence-electron chi connectivity index (χ1n) is 9.30. The normalized spacial score (nSPS) is 17.5. The first-order valence-corrected chi connectivity index (χ1v) is 10.6. The zero-order valence-corrected chi connectivity index (χ0v) is 18.0. The van der Waals surface area contributed by atoms with Crippen LogP contribution < -0.4 is 9.47 Å². The number of aromatic nitrogens is 1. The number of rotatable bonds is 7. The van der Waals surface area contributed by atoms with Gasteiger partial charge in [-0.25, -0.2) is 4.98 Å². The van der Waals surface area contributed by atoms with E-state index in [2.05, 4.69) is 18.1 Å². The minimum atomic E-state index is -0.506. The SMILES string of the molecule is C=C(O)C1=CN2C(=CC1=C)c1cc(Cl)c(OCCCOC)cc1OC2c1nccs1. The number of thiazole rings is 1. The molecule has 0 spiro atoms. The molecular formula is C22H21ClN2O4S. The summed E-state index contributed by atoms with van der Waals surface area (Å²) < 4.78 is 17.2.